The number of hydrogen-bond donors (Lipinski definition) is 1. The van der Waals surface area contributed by atoms with Crippen molar-refractivity contribution in [1.82, 2.24) is 5.32 Å². The van der Waals surface area contributed by atoms with Crippen molar-refractivity contribution < 1.29 is 9.13 Å². The first-order valence-electron chi connectivity index (χ1n) is 6.81. The van der Waals surface area contributed by atoms with Gasteiger partial charge in [0.15, 0.2) is 11.6 Å². The van der Waals surface area contributed by atoms with Gasteiger partial charge in [-0.3, -0.25) is 0 Å². The van der Waals surface area contributed by atoms with Crippen LogP contribution in [0.25, 0.3) is 0 Å². The number of para-hydroxylation sites is 1. The van der Waals surface area contributed by atoms with Crippen LogP contribution in [0.4, 0.5) is 4.39 Å². The second-order valence-corrected chi connectivity index (χ2v) is 6.80. The quantitative estimate of drug-likeness (QED) is 0.810. The van der Waals surface area contributed by atoms with Gasteiger partial charge >= 0.3 is 0 Å². The first-order chi connectivity index (χ1) is 9.85. The molecule has 2 aromatic carbocycles. The third-order valence-corrected chi connectivity index (χ3v) is 3.39. The highest BCUT2D eigenvalue weighted by molar-refractivity contribution is 9.10. The summed E-state index contributed by atoms with van der Waals surface area (Å²) in [7, 11) is 0. The number of halogens is 2. The van der Waals surface area contributed by atoms with Gasteiger partial charge in [0.05, 0.1) is 0 Å². The van der Waals surface area contributed by atoms with Crippen LogP contribution in [0.15, 0.2) is 46.9 Å². The van der Waals surface area contributed by atoms with Crippen LogP contribution >= 0.6 is 15.9 Å². The Balaban J connectivity index is 2.25. The molecule has 0 amide bonds. The molecule has 0 radical (unpaired) electrons. The summed E-state index contributed by atoms with van der Waals surface area (Å²) in [5.74, 6) is 0.506. The van der Waals surface area contributed by atoms with E-state index < -0.39 is 0 Å². The average molecular weight is 352 g/mol. The van der Waals surface area contributed by atoms with E-state index in [9.17, 15) is 4.39 Å². The van der Waals surface area contributed by atoms with Crippen molar-refractivity contribution >= 4 is 15.9 Å². The Morgan fingerprint density at radius 3 is 2.48 bits per heavy atom. The topological polar surface area (TPSA) is 21.3 Å². The van der Waals surface area contributed by atoms with Crippen LogP contribution in [0.5, 0.6) is 11.5 Å². The normalized spacial score (nSPS) is 11.5. The molecule has 2 nitrogen and oxygen atoms in total. The summed E-state index contributed by atoms with van der Waals surface area (Å²) in [6.45, 7) is 6.95. The Kier molecular flexibility index (Phi) is 5.01. The van der Waals surface area contributed by atoms with E-state index in [1.807, 2.05) is 18.2 Å². The van der Waals surface area contributed by atoms with Crippen molar-refractivity contribution in [3.8, 4) is 11.5 Å². The van der Waals surface area contributed by atoms with E-state index in [0.717, 1.165) is 10.0 Å². The summed E-state index contributed by atoms with van der Waals surface area (Å²) in [6.07, 6.45) is 0. The minimum absolute atomic E-state index is 0.00232. The second-order valence-electron chi connectivity index (χ2n) is 5.89. The first-order valence-corrected chi connectivity index (χ1v) is 7.60. The molecule has 0 heterocycles. The molecule has 0 spiro atoms. The van der Waals surface area contributed by atoms with Gasteiger partial charge in [-0.2, -0.15) is 0 Å². The highest BCUT2D eigenvalue weighted by Crippen LogP contribution is 2.30. The monoisotopic (exact) mass is 351 g/mol. The Morgan fingerprint density at radius 2 is 1.81 bits per heavy atom. The molecule has 2 aromatic rings. The van der Waals surface area contributed by atoms with Crippen molar-refractivity contribution in [3.05, 3.63) is 58.3 Å². The Morgan fingerprint density at radius 1 is 1.10 bits per heavy atom. The van der Waals surface area contributed by atoms with Gasteiger partial charge in [0.1, 0.15) is 5.75 Å². The van der Waals surface area contributed by atoms with Gasteiger partial charge < -0.3 is 10.1 Å². The third kappa shape index (κ3) is 4.83. The van der Waals surface area contributed by atoms with E-state index >= 15 is 0 Å². The van der Waals surface area contributed by atoms with E-state index in [4.69, 9.17) is 4.74 Å². The molecule has 21 heavy (non-hydrogen) atoms. The first kappa shape index (κ1) is 16.0. The largest absolute Gasteiger partial charge is 0.454 e. The highest BCUT2D eigenvalue weighted by atomic mass is 79.9. The molecule has 0 unspecified atom stereocenters. The predicted octanol–water partition coefficient (Wildman–Crippen LogP) is 5.27. The lowest BCUT2D eigenvalue weighted by molar-refractivity contribution is 0.407. The number of nitrogens with one attached hydrogen (secondary N) is 1. The minimum Gasteiger partial charge on any atom is -0.454 e. The summed E-state index contributed by atoms with van der Waals surface area (Å²) in [6, 6.07) is 12.2. The summed E-state index contributed by atoms with van der Waals surface area (Å²) < 4.78 is 20.4. The minimum atomic E-state index is -0.368. The van der Waals surface area contributed by atoms with E-state index in [2.05, 4.69) is 42.0 Å². The fourth-order valence-electron chi connectivity index (χ4n) is 1.78. The fourth-order valence-corrected chi connectivity index (χ4v) is 2.12. The van der Waals surface area contributed by atoms with Crippen LogP contribution in [0.3, 0.4) is 0 Å². The molecule has 2 rings (SSSR count). The molecule has 0 aliphatic carbocycles. The third-order valence-electron chi connectivity index (χ3n) is 2.89. The van der Waals surface area contributed by atoms with Crippen LogP contribution in [0, 0.1) is 5.82 Å². The smallest absolute Gasteiger partial charge is 0.165 e. The van der Waals surface area contributed by atoms with Crippen LogP contribution < -0.4 is 10.1 Å². The van der Waals surface area contributed by atoms with Crippen molar-refractivity contribution in [2.24, 2.45) is 0 Å². The standard InChI is InChI=1S/C17H19BrFNO/c1-17(2,3)20-11-12-8-9-13(18)10-16(12)21-15-7-5-4-6-14(15)19/h4-10,20H,11H2,1-3H3. The van der Waals surface area contributed by atoms with E-state index in [1.165, 1.54) is 6.07 Å². The van der Waals surface area contributed by atoms with Crippen LogP contribution in [0.1, 0.15) is 26.3 Å². The molecule has 0 fully saturated rings. The van der Waals surface area contributed by atoms with E-state index in [0.29, 0.717) is 12.3 Å². The van der Waals surface area contributed by atoms with E-state index in [1.54, 1.807) is 18.2 Å². The molecule has 0 aromatic heterocycles. The maximum Gasteiger partial charge on any atom is 0.165 e. The second kappa shape index (κ2) is 6.58. The summed E-state index contributed by atoms with van der Waals surface area (Å²) in [4.78, 5) is 0. The molecular weight excluding hydrogens is 333 g/mol. The summed E-state index contributed by atoms with van der Waals surface area (Å²) in [5.41, 5.74) is 0.985. The number of ether oxygens (including phenoxy) is 1. The molecule has 112 valence electrons. The lowest BCUT2D eigenvalue weighted by Crippen LogP contribution is -2.35. The maximum atomic E-state index is 13.7. The zero-order valence-electron chi connectivity index (χ0n) is 12.4. The Hall–Kier alpha value is -1.39. The summed E-state index contributed by atoms with van der Waals surface area (Å²) in [5, 5.41) is 3.41. The number of rotatable bonds is 4. The lowest BCUT2D eigenvalue weighted by atomic mass is 10.1. The van der Waals surface area contributed by atoms with Gasteiger partial charge in [-0.25, -0.2) is 4.39 Å². The molecule has 0 bridgehead atoms. The Labute approximate surface area is 133 Å². The zero-order chi connectivity index (χ0) is 15.5. The maximum absolute atomic E-state index is 13.7. The SMILES string of the molecule is CC(C)(C)NCc1ccc(Br)cc1Oc1ccccc1F. The van der Waals surface area contributed by atoms with Crippen molar-refractivity contribution in [3.63, 3.8) is 0 Å². The van der Waals surface area contributed by atoms with Gasteiger partial charge in [0.25, 0.3) is 0 Å². The lowest BCUT2D eigenvalue weighted by Gasteiger charge is -2.21. The molecule has 0 aliphatic heterocycles. The molecule has 4 heteroatoms. The molecule has 0 aliphatic rings. The fraction of sp³-hybridized carbons (Fsp3) is 0.294. The van der Waals surface area contributed by atoms with Crippen molar-refractivity contribution in [2.45, 2.75) is 32.9 Å². The molecule has 0 saturated carbocycles. The van der Waals surface area contributed by atoms with Gasteiger partial charge in [-0.05, 0) is 45.0 Å². The zero-order valence-corrected chi connectivity index (χ0v) is 14.0. The Bertz CT molecular complexity index is 622. The highest BCUT2D eigenvalue weighted by Gasteiger charge is 2.13. The van der Waals surface area contributed by atoms with E-state index in [-0.39, 0.29) is 17.1 Å². The molecular formula is C17H19BrFNO. The van der Waals surface area contributed by atoms with Gasteiger partial charge in [0, 0.05) is 22.1 Å². The van der Waals surface area contributed by atoms with Crippen molar-refractivity contribution in [1.29, 1.82) is 0 Å². The average Bonchev–Trinajstić information content (AvgIpc) is 2.39. The van der Waals surface area contributed by atoms with Crippen LogP contribution in [-0.4, -0.2) is 5.54 Å². The van der Waals surface area contributed by atoms with Gasteiger partial charge in [-0.1, -0.05) is 34.1 Å². The number of hydrogen-bond acceptors (Lipinski definition) is 2. The molecule has 1 N–H and O–H groups in total. The van der Waals surface area contributed by atoms with Gasteiger partial charge in [-0.15, -0.1) is 0 Å². The van der Waals surface area contributed by atoms with Gasteiger partial charge in [0.2, 0.25) is 0 Å². The number of benzene rings is 2. The predicted molar refractivity (Wildman–Crippen MR) is 87.2 cm³/mol. The molecule has 0 atom stereocenters. The van der Waals surface area contributed by atoms with Crippen LogP contribution in [0.2, 0.25) is 0 Å². The summed E-state index contributed by atoms with van der Waals surface area (Å²) >= 11 is 3.42. The van der Waals surface area contributed by atoms with Crippen LogP contribution in [-0.2, 0) is 6.54 Å². The van der Waals surface area contributed by atoms with Crippen molar-refractivity contribution in [2.75, 3.05) is 0 Å². The molecule has 0 saturated heterocycles.